The van der Waals surface area contributed by atoms with Gasteiger partial charge in [0.1, 0.15) is 18.0 Å². The Kier molecular flexibility index (Phi) is 4.86. The first kappa shape index (κ1) is 16.5. The number of ether oxygens (including phenoxy) is 1. The van der Waals surface area contributed by atoms with E-state index in [4.69, 9.17) is 4.74 Å². The molecule has 1 heterocycles. The molecule has 0 atom stereocenters. The summed E-state index contributed by atoms with van der Waals surface area (Å²) in [7, 11) is 1.56. The van der Waals surface area contributed by atoms with Crippen LogP contribution in [0.25, 0.3) is 10.2 Å². The zero-order valence-corrected chi connectivity index (χ0v) is 14.8. The van der Waals surface area contributed by atoms with Gasteiger partial charge in [0.2, 0.25) is 0 Å². The predicted molar refractivity (Wildman–Crippen MR) is 97.6 cm³/mol. The third-order valence-corrected chi connectivity index (χ3v) is 5.55. The van der Waals surface area contributed by atoms with Gasteiger partial charge >= 0.3 is 0 Å². The highest BCUT2D eigenvalue weighted by molar-refractivity contribution is 8.00. The number of benzene rings is 2. The summed E-state index contributed by atoms with van der Waals surface area (Å²) in [5, 5.41) is 12.3. The lowest BCUT2D eigenvalue weighted by molar-refractivity contribution is -0.496. The Labute approximate surface area is 147 Å². The maximum Gasteiger partial charge on any atom is 0.165 e. The molecule has 0 unspecified atom stereocenters. The number of thioether (sulfide) groups is 1. The van der Waals surface area contributed by atoms with Crippen LogP contribution in [0, 0.1) is 10.1 Å². The van der Waals surface area contributed by atoms with Gasteiger partial charge in [0.05, 0.1) is 17.3 Å². The van der Waals surface area contributed by atoms with Crippen LogP contribution in [0.5, 0.6) is 5.75 Å². The number of fused-ring (bicyclic) bond motifs is 1. The Morgan fingerprint density at radius 1 is 1.29 bits per heavy atom. The lowest BCUT2D eigenvalue weighted by Crippen LogP contribution is -2.29. The van der Waals surface area contributed by atoms with Crippen molar-refractivity contribution in [2.24, 2.45) is 0 Å². The van der Waals surface area contributed by atoms with Gasteiger partial charge in [-0.2, -0.15) is 0 Å². The average Bonchev–Trinajstić information content (AvgIpc) is 3.03. The van der Waals surface area contributed by atoms with E-state index in [0.29, 0.717) is 11.4 Å². The molecule has 0 spiro atoms. The van der Waals surface area contributed by atoms with Gasteiger partial charge in [0, 0.05) is 5.56 Å². The van der Waals surface area contributed by atoms with E-state index in [1.807, 2.05) is 24.5 Å². The first-order valence-electron chi connectivity index (χ1n) is 7.10. The van der Waals surface area contributed by atoms with Crippen LogP contribution in [0.3, 0.4) is 0 Å². The maximum atomic E-state index is 11.5. The summed E-state index contributed by atoms with van der Waals surface area (Å²) in [6.45, 7) is 0.147. The second kappa shape index (κ2) is 7.06. The third-order valence-electron chi connectivity index (χ3n) is 3.55. The summed E-state index contributed by atoms with van der Waals surface area (Å²) in [5.41, 5.74) is 2.15. The highest BCUT2D eigenvalue weighted by atomic mass is 32.2. The number of para-hydroxylation sites is 1. The molecule has 0 aliphatic rings. The molecule has 2 aromatic carbocycles. The van der Waals surface area contributed by atoms with Crippen LogP contribution in [-0.4, -0.2) is 23.4 Å². The predicted octanol–water partition coefficient (Wildman–Crippen LogP) is 4.23. The monoisotopic (exact) mass is 361 g/mol. The summed E-state index contributed by atoms with van der Waals surface area (Å²) < 4.78 is 7.09. The minimum atomic E-state index is -0.400. The number of hydrazine groups is 1. The van der Waals surface area contributed by atoms with E-state index in [1.165, 1.54) is 0 Å². The fourth-order valence-corrected chi connectivity index (χ4v) is 3.89. The van der Waals surface area contributed by atoms with Gasteiger partial charge in [-0.15, -0.1) is 11.3 Å². The van der Waals surface area contributed by atoms with Gasteiger partial charge in [-0.05, 0) is 36.6 Å². The molecule has 124 valence electrons. The lowest BCUT2D eigenvalue weighted by atomic mass is 10.2. The van der Waals surface area contributed by atoms with E-state index in [0.717, 1.165) is 25.1 Å². The molecule has 0 fully saturated rings. The molecule has 3 aromatic rings. The highest BCUT2D eigenvalue weighted by Gasteiger charge is 2.20. The summed E-state index contributed by atoms with van der Waals surface area (Å²) in [5.74, 6) is 0.660. The Morgan fingerprint density at radius 2 is 2.04 bits per heavy atom. The molecule has 0 aliphatic heterocycles. The first-order valence-corrected chi connectivity index (χ1v) is 9.15. The van der Waals surface area contributed by atoms with Crippen LogP contribution in [0.1, 0.15) is 5.56 Å². The average molecular weight is 361 g/mol. The first-order chi connectivity index (χ1) is 11.6. The highest BCUT2D eigenvalue weighted by Crippen LogP contribution is 2.31. The minimum Gasteiger partial charge on any atom is -0.497 e. The quantitative estimate of drug-likeness (QED) is 0.372. The zero-order chi connectivity index (χ0) is 17.1. The van der Waals surface area contributed by atoms with Crippen molar-refractivity contribution in [2.75, 3.05) is 18.4 Å². The number of hydrogen-bond donors (Lipinski definition) is 0. The Balaban J connectivity index is 1.96. The van der Waals surface area contributed by atoms with Crippen molar-refractivity contribution in [3.63, 3.8) is 0 Å². The smallest absolute Gasteiger partial charge is 0.165 e. The molecule has 0 bridgehead atoms. The number of methoxy groups -OCH3 is 1. The van der Waals surface area contributed by atoms with Crippen molar-refractivity contribution >= 4 is 39.0 Å². The lowest BCUT2D eigenvalue weighted by Gasteiger charge is -2.15. The summed E-state index contributed by atoms with van der Waals surface area (Å²) in [4.78, 5) is 16.1. The fraction of sp³-hybridized carbons (Fsp3) is 0.188. The van der Waals surface area contributed by atoms with Gasteiger partial charge in [-0.25, -0.2) is 15.1 Å². The van der Waals surface area contributed by atoms with Gasteiger partial charge in [-0.1, -0.05) is 28.9 Å². The second-order valence-corrected chi connectivity index (χ2v) is 7.03. The Morgan fingerprint density at radius 3 is 2.67 bits per heavy atom. The number of nitro groups is 1. The van der Waals surface area contributed by atoms with E-state index in [2.05, 4.69) is 4.98 Å². The van der Waals surface area contributed by atoms with Crippen molar-refractivity contribution < 1.29 is 9.77 Å². The van der Waals surface area contributed by atoms with Crippen LogP contribution in [-0.2, 0) is 6.54 Å². The number of rotatable bonds is 6. The molecular formula is C16H15N3O3S2. The van der Waals surface area contributed by atoms with Gasteiger partial charge in [0.15, 0.2) is 9.37 Å². The molecule has 24 heavy (non-hydrogen) atoms. The van der Waals surface area contributed by atoms with Gasteiger partial charge in [0.25, 0.3) is 0 Å². The van der Waals surface area contributed by atoms with Crippen LogP contribution in [0.2, 0.25) is 0 Å². The zero-order valence-electron chi connectivity index (χ0n) is 13.1. The van der Waals surface area contributed by atoms with E-state index in [1.54, 1.807) is 54.5 Å². The van der Waals surface area contributed by atoms with Crippen LogP contribution in [0.4, 0.5) is 5.69 Å². The number of aromatic nitrogens is 1. The SMILES string of the molecule is COc1ccc(N(Cc2cccc3sc(SC)nc23)[N+](=O)[O-])cc1. The van der Waals surface area contributed by atoms with Crippen molar-refractivity contribution in [3.8, 4) is 5.75 Å². The Bertz CT molecular complexity index is 865. The van der Waals surface area contributed by atoms with E-state index >= 15 is 0 Å². The summed E-state index contributed by atoms with van der Waals surface area (Å²) in [6.07, 6.45) is 1.97. The molecule has 0 aliphatic carbocycles. The fourth-order valence-electron chi connectivity index (χ4n) is 2.36. The molecule has 6 nitrogen and oxygen atoms in total. The van der Waals surface area contributed by atoms with E-state index in [9.17, 15) is 10.1 Å². The maximum absolute atomic E-state index is 11.5. The Hall–Kier alpha value is -2.32. The molecule has 0 amide bonds. The molecule has 0 saturated heterocycles. The minimum absolute atomic E-state index is 0.147. The molecule has 0 N–H and O–H groups in total. The number of hydrogen-bond acceptors (Lipinski definition) is 6. The van der Waals surface area contributed by atoms with E-state index in [-0.39, 0.29) is 6.54 Å². The van der Waals surface area contributed by atoms with Crippen molar-refractivity contribution in [2.45, 2.75) is 10.9 Å². The molecule has 0 saturated carbocycles. The normalized spacial score (nSPS) is 10.8. The van der Waals surface area contributed by atoms with Gasteiger partial charge in [-0.3, -0.25) is 0 Å². The standard InChI is InChI=1S/C16H15N3O3S2/c1-22-13-8-6-12(7-9-13)18(19(20)21)10-11-4-3-5-14-15(11)17-16(23-2)24-14/h3-9H,10H2,1-2H3. The molecular weight excluding hydrogens is 346 g/mol. The third kappa shape index (κ3) is 3.29. The van der Waals surface area contributed by atoms with Crippen LogP contribution >= 0.6 is 23.1 Å². The summed E-state index contributed by atoms with van der Waals surface area (Å²) in [6, 6.07) is 12.5. The number of anilines is 1. The largest absolute Gasteiger partial charge is 0.497 e. The number of nitrogens with zero attached hydrogens (tertiary/aromatic N) is 3. The van der Waals surface area contributed by atoms with Crippen molar-refractivity contribution in [1.82, 2.24) is 4.98 Å². The van der Waals surface area contributed by atoms with E-state index < -0.39 is 5.03 Å². The summed E-state index contributed by atoms with van der Waals surface area (Å²) >= 11 is 3.17. The molecule has 8 heteroatoms. The topological polar surface area (TPSA) is 68.5 Å². The number of thiazole rings is 1. The van der Waals surface area contributed by atoms with Crippen LogP contribution < -0.4 is 9.75 Å². The molecule has 0 radical (unpaired) electrons. The van der Waals surface area contributed by atoms with Gasteiger partial charge < -0.3 is 4.74 Å². The van der Waals surface area contributed by atoms with Crippen LogP contribution in [0.15, 0.2) is 46.8 Å². The molecule has 3 rings (SSSR count). The van der Waals surface area contributed by atoms with Crippen molar-refractivity contribution in [3.05, 3.63) is 58.1 Å². The molecule has 1 aromatic heterocycles. The van der Waals surface area contributed by atoms with Crippen molar-refractivity contribution in [1.29, 1.82) is 0 Å². The second-order valence-electron chi connectivity index (χ2n) is 4.94.